The zero-order valence-electron chi connectivity index (χ0n) is 9.86. The van der Waals surface area contributed by atoms with Gasteiger partial charge in [0.05, 0.1) is 15.6 Å². The molecule has 0 fully saturated rings. The first-order valence-electron chi connectivity index (χ1n) is 5.40. The van der Waals surface area contributed by atoms with Crippen LogP contribution in [0.25, 0.3) is 10.2 Å². The SMILES string of the molecule is CC(C)(CN)C(=O)Nc1nc2ccccc2s1. The molecule has 2 rings (SSSR count). The van der Waals surface area contributed by atoms with E-state index in [0.717, 1.165) is 10.2 Å². The molecule has 0 aliphatic heterocycles. The molecule has 0 saturated heterocycles. The zero-order valence-corrected chi connectivity index (χ0v) is 10.7. The number of hydrogen-bond donors (Lipinski definition) is 2. The maximum atomic E-state index is 11.9. The second-order valence-corrected chi connectivity index (χ2v) is 5.56. The summed E-state index contributed by atoms with van der Waals surface area (Å²) in [4.78, 5) is 16.3. The van der Waals surface area contributed by atoms with Crippen molar-refractivity contribution in [3.8, 4) is 0 Å². The number of para-hydroxylation sites is 1. The van der Waals surface area contributed by atoms with Gasteiger partial charge in [-0.2, -0.15) is 0 Å². The van der Waals surface area contributed by atoms with Crippen LogP contribution in [0.5, 0.6) is 0 Å². The van der Waals surface area contributed by atoms with E-state index < -0.39 is 5.41 Å². The molecule has 0 spiro atoms. The molecular formula is C12H15N3OS. The molecule has 0 unspecified atom stereocenters. The second kappa shape index (κ2) is 4.43. The lowest BCUT2D eigenvalue weighted by Gasteiger charge is -2.19. The minimum atomic E-state index is -0.572. The highest BCUT2D eigenvalue weighted by Crippen LogP contribution is 2.26. The van der Waals surface area contributed by atoms with Crippen LogP contribution in [0.15, 0.2) is 24.3 Å². The summed E-state index contributed by atoms with van der Waals surface area (Å²) in [5.41, 5.74) is 5.89. The molecule has 1 aromatic heterocycles. The van der Waals surface area contributed by atoms with Crippen LogP contribution in [0.1, 0.15) is 13.8 Å². The predicted octanol–water partition coefficient (Wildman–Crippen LogP) is 2.22. The highest BCUT2D eigenvalue weighted by molar-refractivity contribution is 7.22. The molecule has 90 valence electrons. The van der Waals surface area contributed by atoms with Crippen molar-refractivity contribution in [1.82, 2.24) is 4.98 Å². The van der Waals surface area contributed by atoms with Gasteiger partial charge >= 0.3 is 0 Å². The van der Waals surface area contributed by atoms with Crippen molar-refractivity contribution in [3.63, 3.8) is 0 Å². The molecular weight excluding hydrogens is 234 g/mol. The van der Waals surface area contributed by atoms with Crippen LogP contribution in [-0.4, -0.2) is 17.4 Å². The first kappa shape index (κ1) is 12.0. The Morgan fingerprint density at radius 2 is 2.18 bits per heavy atom. The van der Waals surface area contributed by atoms with Gasteiger partial charge in [-0.3, -0.25) is 4.79 Å². The average Bonchev–Trinajstić information content (AvgIpc) is 2.70. The fourth-order valence-electron chi connectivity index (χ4n) is 1.28. The van der Waals surface area contributed by atoms with E-state index in [0.29, 0.717) is 11.7 Å². The third-order valence-electron chi connectivity index (χ3n) is 2.64. The highest BCUT2D eigenvalue weighted by Gasteiger charge is 2.26. The number of anilines is 1. The number of nitrogens with zero attached hydrogens (tertiary/aromatic N) is 1. The van der Waals surface area contributed by atoms with Gasteiger partial charge in [-0.15, -0.1) is 0 Å². The van der Waals surface area contributed by atoms with E-state index in [1.165, 1.54) is 11.3 Å². The Bertz CT molecular complexity index is 514. The van der Waals surface area contributed by atoms with Gasteiger partial charge < -0.3 is 11.1 Å². The molecule has 0 bridgehead atoms. The number of carbonyl (C=O) groups excluding carboxylic acids is 1. The lowest BCUT2D eigenvalue weighted by Crippen LogP contribution is -2.37. The van der Waals surface area contributed by atoms with Crippen LogP contribution in [0.3, 0.4) is 0 Å². The molecule has 1 amide bonds. The molecule has 0 saturated carbocycles. The Morgan fingerprint density at radius 1 is 1.47 bits per heavy atom. The fraction of sp³-hybridized carbons (Fsp3) is 0.333. The minimum Gasteiger partial charge on any atom is -0.329 e. The Labute approximate surface area is 104 Å². The summed E-state index contributed by atoms with van der Waals surface area (Å²) < 4.78 is 1.06. The third-order valence-corrected chi connectivity index (χ3v) is 3.59. The Hall–Kier alpha value is -1.46. The van der Waals surface area contributed by atoms with Gasteiger partial charge in [0, 0.05) is 6.54 Å². The molecule has 2 aromatic rings. The number of rotatable bonds is 3. The molecule has 4 nitrogen and oxygen atoms in total. The van der Waals surface area contributed by atoms with E-state index in [2.05, 4.69) is 10.3 Å². The van der Waals surface area contributed by atoms with Crippen LogP contribution in [0, 0.1) is 5.41 Å². The monoisotopic (exact) mass is 249 g/mol. The zero-order chi connectivity index (χ0) is 12.5. The summed E-state index contributed by atoms with van der Waals surface area (Å²) >= 11 is 1.47. The number of hydrogen-bond acceptors (Lipinski definition) is 4. The van der Waals surface area contributed by atoms with Crippen molar-refractivity contribution in [2.45, 2.75) is 13.8 Å². The molecule has 1 aromatic carbocycles. The van der Waals surface area contributed by atoms with Crippen LogP contribution >= 0.6 is 11.3 Å². The van der Waals surface area contributed by atoms with Crippen molar-refractivity contribution in [1.29, 1.82) is 0 Å². The standard InChI is InChI=1S/C12H15N3OS/c1-12(2,7-13)10(16)15-11-14-8-5-3-4-6-9(8)17-11/h3-6H,7,13H2,1-2H3,(H,14,15,16). The molecule has 17 heavy (non-hydrogen) atoms. The fourth-order valence-corrected chi connectivity index (χ4v) is 2.15. The number of nitrogens with one attached hydrogen (secondary N) is 1. The number of benzene rings is 1. The molecule has 0 radical (unpaired) electrons. The summed E-state index contributed by atoms with van der Waals surface area (Å²) in [5.74, 6) is -0.0981. The third kappa shape index (κ3) is 2.45. The molecule has 0 aliphatic carbocycles. The molecule has 0 atom stereocenters. The normalized spacial score (nSPS) is 11.7. The van der Waals surface area contributed by atoms with Crippen molar-refractivity contribution in [2.75, 3.05) is 11.9 Å². The maximum Gasteiger partial charge on any atom is 0.233 e. The summed E-state index contributed by atoms with van der Waals surface area (Å²) in [7, 11) is 0. The first-order chi connectivity index (χ1) is 8.03. The largest absolute Gasteiger partial charge is 0.329 e. The Balaban J connectivity index is 2.22. The van der Waals surface area contributed by atoms with Crippen molar-refractivity contribution in [2.24, 2.45) is 11.1 Å². The van der Waals surface area contributed by atoms with Gasteiger partial charge in [0.2, 0.25) is 5.91 Å². The number of nitrogens with two attached hydrogens (primary N) is 1. The number of fused-ring (bicyclic) bond motifs is 1. The van der Waals surface area contributed by atoms with E-state index in [4.69, 9.17) is 5.73 Å². The van der Waals surface area contributed by atoms with Crippen molar-refractivity contribution >= 4 is 32.6 Å². The highest BCUT2D eigenvalue weighted by atomic mass is 32.1. The molecule has 5 heteroatoms. The van der Waals surface area contributed by atoms with E-state index >= 15 is 0 Å². The van der Waals surface area contributed by atoms with E-state index in [-0.39, 0.29) is 5.91 Å². The van der Waals surface area contributed by atoms with E-state index in [1.807, 2.05) is 38.1 Å². The summed E-state index contributed by atoms with van der Waals surface area (Å²) in [6.07, 6.45) is 0. The minimum absolute atomic E-state index is 0.0981. The lowest BCUT2D eigenvalue weighted by atomic mass is 9.93. The first-order valence-corrected chi connectivity index (χ1v) is 6.22. The van der Waals surface area contributed by atoms with Gasteiger partial charge in [-0.25, -0.2) is 4.98 Å². The summed E-state index contributed by atoms with van der Waals surface area (Å²) in [5, 5.41) is 3.43. The van der Waals surface area contributed by atoms with Crippen molar-refractivity contribution < 1.29 is 4.79 Å². The van der Waals surface area contributed by atoms with E-state index in [9.17, 15) is 4.79 Å². The molecule has 1 heterocycles. The summed E-state index contributed by atoms with van der Waals surface area (Å²) in [6.45, 7) is 3.94. The van der Waals surface area contributed by atoms with Gasteiger partial charge in [0.15, 0.2) is 5.13 Å². The number of carbonyl (C=O) groups is 1. The Morgan fingerprint density at radius 3 is 2.82 bits per heavy atom. The quantitative estimate of drug-likeness (QED) is 0.876. The van der Waals surface area contributed by atoms with Gasteiger partial charge in [0.25, 0.3) is 0 Å². The average molecular weight is 249 g/mol. The molecule has 0 aliphatic rings. The van der Waals surface area contributed by atoms with Crippen LogP contribution < -0.4 is 11.1 Å². The molecule has 3 N–H and O–H groups in total. The summed E-state index contributed by atoms with van der Waals surface area (Å²) in [6, 6.07) is 7.79. The van der Waals surface area contributed by atoms with Gasteiger partial charge in [-0.05, 0) is 26.0 Å². The van der Waals surface area contributed by atoms with E-state index in [1.54, 1.807) is 0 Å². The lowest BCUT2D eigenvalue weighted by molar-refractivity contribution is -0.123. The Kier molecular flexibility index (Phi) is 3.13. The van der Waals surface area contributed by atoms with Crippen LogP contribution in [0.2, 0.25) is 0 Å². The smallest absolute Gasteiger partial charge is 0.233 e. The van der Waals surface area contributed by atoms with Crippen molar-refractivity contribution in [3.05, 3.63) is 24.3 Å². The van der Waals surface area contributed by atoms with Gasteiger partial charge in [0.1, 0.15) is 0 Å². The maximum absolute atomic E-state index is 11.9. The van der Waals surface area contributed by atoms with Crippen LogP contribution in [0.4, 0.5) is 5.13 Å². The number of amides is 1. The second-order valence-electron chi connectivity index (χ2n) is 4.53. The number of thiazole rings is 1. The van der Waals surface area contributed by atoms with Crippen LogP contribution in [-0.2, 0) is 4.79 Å². The topological polar surface area (TPSA) is 68.0 Å². The predicted molar refractivity (Wildman–Crippen MR) is 71.1 cm³/mol. The van der Waals surface area contributed by atoms with Gasteiger partial charge in [-0.1, -0.05) is 23.5 Å². The number of aromatic nitrogens is 1.